The molecule has 62 heavy (non-hydrogen) atoms. The Kier molecular flexibility index (Phi) is 8.80. The molecular formula is C56H40N4S2. The summed E-state index contributed by atoms with van der Waals surface area (Å²) in [7, 11) is 0. The zero-order valence-corrected chi connectivity index (χ0v) is 35.9. The molecule has 0 fully saturated rings. The molecule has 0 saturated carbocycles. The molecule has 12 rings (SSSR count). The van der Waals surface area contributed by atoms with Crippen LogP contribution in [-0.4, -0.2) is 25.2 Å². The Balaban J connectivity index is 1.01. The van der Waals surface area contributed by atoms with Gasteiger partial charge in [0.25, 0.3) is 0 Å². The zero-order valence-electron chi connectivity index (χ0n) is 34.3. The second-order valence-corrected chi connectivity index (χ2v) is 19.0. The van der Waals surface area contributed by atoms with E-state index >= 15 is 0 Å². The maximum Gasteiger partial charge on any atom is 0.164 e. The second kappa shape index (κ2) is 14.7. The quantitative estimate of drug-likeness (QED) is 0.167. The fraction of sp³-hybridized carbons (Fsp3) is 0.107. The fourth-order valence-corrected chi connectivity index (χ4v) is 12.4. The van der Waals surface area contributed by atoms with Crippen molar-refractivity contribution in [1.29, 1.82) is 0 Å². The highest BCUT2D eigenvalue weighted by molar-refractivity contribution is 8.00. The maximum atomic E-state index is 5.56. The number of rotatable bonds is 6. The zero-order chi connectivity index (χ0) is 41.4. The highest BCUT2D eigenvalue weighted by Gasteiger charge is 2.42. The number of pyridine rings is 1. The lowest BCUT2D eigenvalue weighted by atomic mass is 9.76. The molecule has 9 aromatic rings. The van der Waals surface area contributed by atoms with Crippen LogP contribution in [0, 0.1) is 5.92 Å². The summed E-state index contributed by atoms with van der Waals surface area (Å²) in [5, 5.41) is 4.06. The van der Waals surface area contributed by atoms with Crippen molar-refractivity contribution in [2.45, 2.75) is 35.8 Å². The van der Waals surface area contributed by atoms with Gasteiger partial charge in [-0.15, -0.1) is 23.1 Å². The lowest BCUT2D eigenvalue weighted by Crippen LogP contribution is -2.28. The first-order valence-corrected chi connectivity index (χ1v) is 23.0. The fourth-order valence-electron chi connectivity index (χ4n) is 9.56. The molecule has 0 bridgehead atoms. The van der Waals surface area contributed by atoms with Gasteiger partial charge >= 0.3 is 0 Å². The number of thioether (sulfide) groups is 1. The first kappa shape index (κ1) is 37.1. The molecule has 1 unspecified atom stereocenters. The molecule has 0 saturated heterocycles. The van der Waals surface area contributed by atoms with Crippen LogP contribution < -0.4 is 0 Å². The lowest BCUT2D eigenvalue weighted by molar-refractivity contribution is 0.620. The summed E-state index contributed by atoms with van der Waals surface area (Å²) in [6.45, 7) is 4.61. The molecule has 3 aliphatic rings. The van der Waals surface area contributed by atoms with E-state index < -0.39 is 0 Å². The molecule has 3 aromatic heterocycles. The average molecular weight is 833 g/mol. The molecule has 1 aliphatic heterocycles. The Bertz CT molecular complexity index is 3410. The van der Waals surface area contributed by atoms with Crippen LogP contribution in [0.2, 0.25) is 0 Å². The lowest BCUT2D eigenvalue weighted by Gasteiger charge is -2.28. The number of thiophene rings is 1. The van der Waals surface area contributed by atoms with Gasteiger partial charge in [0, 0.05) is 53.1 Å². The molecule has 0 spiro atoms. The molecule has 3 atom stereocenters. The number of hydrogen-bond donors (Lipinski definition) is 0. The maximum absolute atomic E-state index is 5.56. The Morgan fingerprint density at radius 1 is 0.581 bits per heavy atom. The summed E-state index contributed by atoms with van der Waals surface area (Å²) in [5.41, 5.74) is 12.3. The van der Waals surface area contributed by atoms with Gasteiger partial charge < -0.3 is 0 Å². The van der Waals surface area contributed by atoms with E-state index in [1.807, 2.05) is 41.3 Å². The monoisotopic (exact) mass is 832 g/mol. The molecule has 2 aliphatic carbocycles. The van der Waals surface area contributed by atoms with Gasteiger partial charge in [0.05, 0.1) is 15.9 Å². The smallest absolute Gasteiger partial charge is 0.164 e. The van der Waals surface area contributed by atoms with Gasteiger partial charge in [0.1, 0.15) is 0 Å². The average Bonchev–Trinajstić information content (AvgIpc) is 3.87. The topological polar surface area (TPSA) is 51.6 Å². The van der Waals surface area contributed by atoms with E-state index in [0.29, 0.717) is 22.8 Å². The van der Waals surface area contributed by atoms with Crippen molar-refractivity contribution >= 4 is 59.7 Å². The van der Waals surface area contributed by atoms with E-state index in [-0.39, 0.29) is 5.41 Å². The van der Waals surface area contributed by atoms with Gasteiger partial charge in [0.15, 0.2) is 17.5 Å². The number of nitrogens with zero attached hydrogens (tertiary/aromatic N) is 4. The van der Waals surface area contributed by atoms with Gasteiger partial charge in [-0.25, -0.2) is 19.9 Å². The summed E-state index contributed by atoms with van der Waals surface area (Å²) in [4.78, 5) is 22.2. The first-order valence-electron chi connectivity index (χ1n) is 21.3. The minimum Gasteiger partial charge on any atom is -0.246 e. The Morgan fingerprint density at radius 3 is 2.15 bits per heavy atom. The molecule has 6 aromatic carbocycles. The van der Waals surface area contributed by atoms with Crippen LogP contribution in [0.1, 0.15) is 31.7 Å². The third-order valence-electron chi connectivity index (χ3n) is 12.7. The SMILES string of the molecule is C[C@H]1C=CC=C(c2nc(-c3ccccc3)nc(-c3cccc(-c4nc5cccc(-c6cccc(-c7cccc8c7SC7C=CC=C[C@@]87C)c6)c5c5c4sc4ccccc45)c3)n2)C1. The molecule has 4 heterocycles. The molecule has 4 nitrogen and oxygen atoms in total. The molecular weight excluding hydrogens is 793 g/mol. The van der Waals surface area contributed by atoms with Gasteiger partial charge in [0.2, 0.25) is 0 Å². The van der Waals surface area contributed by atoms with E-state index in [0.717, 1.165) is 45.7 Å². The van der Waals surface area contributed by atoms with Crippen LogP contribution in [0.15, 0.2) is 187 Å². The Morgan fingerprint density at radius 2 is 1.27 bits per heavy atom. The number of fused-ring (bicyclic) bond motifs is 8. The normalized spacial score (nSPS) is 19.0. The van der Waals surface area contributed by atoms with Crippen molar-refractivity contribution in [2.75, 3.05) is 0 Å². The predicted molar refractivity (Wildman–Crippen MR) is 261 cm³/mol. The van der Waals surface area contributed by atoms with Gasteiger partial charge in [-0.2, -0.15) is 0 Å². The largest absolute Gasteiger partial charge is 0.246 e. The summed E-state index contributed by atoms with van der Waals surface area (Å²) >= 11 is 3.81. The Hall–Kier alpha value is -6.73. The molecule has 0 amide bonds. The molecule has 296 valence electrons. The van der Waals surface area contributed by atoms with Crippen molar-refractivity contribution in [3.8, 4) is 56.3 Å². The third-order valence-corrected chi connectivity index (χ3v) is 15.5. The van der Waals surface area contributed by atoms with Crippen LogP contribution in [0.4, 0.5) is 0 Å². The van der Waals surface area contributed by atoms with E-state index in [4.69, 9.17) is 19.9 Å². The highest BCUT2D eigenvalue weighted by Crippen LogP contribution is 2.55. The van der Waals surface area contributed by atoms with Crippen LogP contribution >= 0.6 is 23.1 Å². The van der Waals surface area contributed by atoms with E-state index in [1.165, 1.54) is 58.3 Å². The van der Waals surface area contributed by atoms with E-state index in [2.05, 4.69) is 178 Å². The molecule has 6 heteroatoms. The van der Waals surface area contributed by atoms with Crippen LogP contribution in [0.3, 0.4) is 0 Å². The van der Waals surface area contributed by atoms with Gasteiger partial charge in [-0.05, 0) is 70.0 Å². The highest BCUT2D eigenvalue weighted by atomic mass is 32.2. The minimum atomic E-state index is -0.00470. The summed E-state index contributed by atoms with van der Waals surface area (Å²) in [6.07, 6.45) is 16.5. The Labute approximate surface area is 369 Å². The summed E-state index contributed by atoms with van der Waals surface area (Å²) in [6, 6.07) is 50.1. The molecule has 0 N–H and O–H groups in total. The third kappa shape index (κ3) is 6.12. The second-order valence-electron chi connectivity index (χ2n) is 16.8. The first-order chi connectivity index (χ1) is 30.5. The number of hydrogen-bond acceptors (Lipinski definition) is 6. The summed E-state index contributed by atoms with van der Waals surface area (Å²) in [5.74, 6) is 2.46. The predicted octanol–water partition coefficient (Wildman–Crippen LogP) is 15.0. The summed E-state index contributed by atoms with van der Waals surface area (Å²) < 4.78 is 2.41. The van der Waals surface area contributed by atoms with Crippen LogP contribution in [0.5, 0.6) is 0 Å². The van der Waals surface area contributed by atoms with Crippen molar-refractivity contribution in [3.05, 3.63) is 193 Å². The number of benzene rings is 6. The van der Waals surface area contributed by atoms with Crippen molar-refractivity contribution in [2.24, 2.45) is 5.92 Å². The van der Waals surface area contributed by atoms with Crippen molar-refractivity contribution < 1.29 is 0 Å². The van der Waals surface area contributed by atoms with E-state index in [1.54, 1.807) is 0 Å². The minimum absolute atomic E-state index is 0.00470. The van der Waals surface area contributed by atoms with Crippen LogP contribution in [0.25, 0.3) is 92.9 Å². The number of allylic oxidation sites excluding steroid dienone is 7. The van der Waals surface area contributed by atoms with E-state index in [9.17, 15) is 0 Å². The van der Waals surface area contributed by atoms with Crippen molar-refractivity contribution in [3.63, 3.8) is 0 Å². The molecule has 0 radical (unpaired) electrons. The van der Waals surface area contributed by atoms with Crippen LogP contribution in [-0.2, 0) is 5.41 Å². The number of aromatic nitrogens is 4. The standard InChI is InChI=1S/C56H40N4S2/c1-34-15-10-21-39(31-34)54-58-53(35-16-4-3-5-17-35)59-55(60-54)40-22-12-20-38(33-40)50-52-49(43-23-6-7-28-46(43)61-52)48-41(24-14-27-45(48)57-50)36-18-11-19-37(32-36)42-25-13-26-44-51(42)62-47-29-8-9-30-56(44,47)2/h3-30,32-34,47H,31H2,1-2H3/t34-,47?,56-/m0/s1. The van der Waals surface area contributed by atoms with Gasteiger partial charge in [-0.3, -0.25) is 0 Å². The van der Waals surface area contributed by atoms with Gasteiger partial charge in [-0.1, -0.05) is 172 Å². The van der Waals surface area contributed by atoms with Crippen molar-refractivity contribution in [1.82, 2.24) is 19.9 Å².